The van der Waals surface area contributed by atoms with E-state index in [0.29, 0.717) is 0 Å². The fourth-order valence-corrected chi connectivity index (χ4v) is 2.34. The normalized spacial score (nSPS) is 12.6. The number of rotatable bonds is 7. The van der Waals surface area contributed by atoms with E-state index in [2.05, 4.69) is 48.4 Å². The lowest BCUT2D eigenvalue weighted by Crippen LogP contribution is -2.24. The Morgan fingerprint density at radius 2 is 2.15 bits per heavy atom. The second kappa shape index (κ2) is 7.20. The van der Waals surface area contributed by atoms with Crippen molar-refractivity contribution in [2.24, 2.45) is 0 Å². The molecule has 1 unspecified atom stereocenters. The number of nitrogens with zero attached hydrogens (tertiary/aromatic N) is 3. The fourth-order valence-electron chi connectivity index (χ4n) is 2.34. The third kappa shape index (κ3) is 3.45. The fraction of sp³-hybridized carbons (Fsp3) is 0.500. The quantitative estimate of drug-likeness (QED) is 0.842. The Hall–Kier alpha value is -1.68. The molecule has 0 radical (unpaired) electrons. The highest BCUT2D eigenvalue weighted by Gasteiger charge is 2.18. The second-order valence-corrected chi connectivity index (χ2v) is 5.13. The first-order chi connectivity index (χ1) is 9.76. The van der Waals surface area contributed by atoms with E-state index in [1.54, 1.807) is 0 Å². The first-order valence-electron chi connectivity index (χ1n) is 7.43. The van der Waals surface area contributed by atoms with E-state index < -0.39 is 0 Å². The first kappa shape index (κ1) is 14.7. The molecule has 108 valence electrons. The van der Waals surface area contributed by atoms with E-state index >= 15 is 0 Å². The third-order valence-corrected chi connectivity index (χ3v) is 3.36. The van der Waals surface area contributed by atoms with Gasteiger partial charge < -0.3 is 5.32 Å². The minimum absolute atomic E-state index is 0.127. The smallest absolute Gasteiger partial charge is 0.0784 e. The van der Waals surface area contributed by atoms with Gasteiger partial charge in [-0.1, -0.05) is 19.9 Å². The van der Waals surface area contributed by atoms with Crippen molar-refractivity contribution < 1.29 is 0 Å². The zero-order valence-electron chi connectivity index (χ0n) is 12.6. The molecule has 0 saturated heterocycles. The molecule has 1 N–H and O–H groups in total. The lowest BCUT2D eigenvalue weighted by atomic mass is 10.0. The molecule has 0 amide bonds. The minimum Gasteiger partial charge on any atom is -0.305 e. The van der Waals surface area contributed by atoms with Crippen molar-refractivity contribution >= 4 is 0 Å². The summed E-state index contributed by atoms with van der Waals surface area (Å²) in [5.41, 5.74) is 3.50. The van der Waals surface area contributed by atoms with Crippen molar-refractivity contribution in [2.45, 2.75) is 46.2 Å². The molecule has 4 heteroatoms. The molecule has 0 saturated carbocycles. The summed E-state index contributed by atoms with van der Waals surface area (Å²) < 4.78 is 2.01. The van der Waals surface area contributed by atoms with Crippen LogP contribution in [0.4, 0.5) is 0 Å². The predicted molar refractivity (Wildman–Crippen MR) is 81.6 cm³/mol. The lowest BCUT2D eigenvalue weighted by Gasteiger charge is -2.18. The standard InChI is InChI=1S/C16H24N4/c1-4-8-17-16(15-13(3)7-6-9-18-15)14-11-19-20(12-14)10-5-2/h6-7,9,11-12,16-17H,4-5,8,10H2,1-3H3. The SMILES string of the molecule is CCCNC(c1cnn(CCC)c1)c1ncccc1C. The van der Waals surface area contributed by atoms with Crippen LogP contribution >= 0.6 is 0 Å². The summed E-state index contributed by atoms with van der Waals surface area (Å²) in [4.78, 5) is 4.56. The molecule has 0 bridgehead atoms. The van der Waals surface area contributed by atoms with Gasteiger partial charge in [-0.05, 0) is 37.9 Å². The Morgan fingerprint density at radius 1 is 1.30 bits per heavy atom. The Balaban J connectivity index is 2.29. The van der Waals surface area contributed by atoms with Gasteiger partial charge in [-0.25, -0.2) is 0 Å². The molecule has 0 aromatic carbocycles. The summed E-state index contributed by atoms with van der Waals surface area (Å²) in [5.74, 6) is 0. The predicted octanol–water partition coefficient (Wildman–Crippen LogP) is 3.09. The summed E-state index contributed by atoms with van der Waals surface area (Å²) in [6.07, 6.45) is 8.14. The molecule has 2 heterocycles. The Bertz CT molecular complexity index is 533. The summed E-state index contributed by atoms with van der Waals surface area (Å²) in [5, 5.41) is 8.02. The average Bonchev–Trinajstić information content (AvgIpc) is 2.90. The van der Waals surface area contributed by atoms with Crippen molar-refractivity contribution in [3.05, 3.63) is 47.5 Å². The van der Waals surface area contributed by atoms with E-state index in [4.69, 9.17) is 0 Å². The monoisotopic (exact) mass is 272 g/mol. The van der Waals surface area contributed by atoms with E-state index in [-0.39, 0.29) is 6.04 Å². The largest absolute Gasteiger partial charge is 0.305 e. The Labute approximate surface area is 121 Å². The number of pyridine rings is 1. The van der Waals surface area contributed by atoms with Crippen LogP contribution in [0.25, 0.3) is 0 Å². The molecule has 1 atom stereocenters. The molecule has 0 aliphatic carbocycles. The van der Waals surface area contributed by atoms with Crippen LogP contribution in [0.1, 0.15) is 49.6 Å². The van der Waals surface area contributed by atoms with Crippen molar-refractivity contribution in [2.75, 3.05) is 6.54 Å². The van der Waals surface area contributed by atoms with Crippen molar-refractivity contribution in [3.63, 3.8) is 0 Å². The van der Waals surface area contributed by atoms with Gasteiger partial charge in [0.15, 0.2) is 0 Å². The van der Waals surface area contributed by atoms with Crippen LogP contribution in [0, 0.1) is 6.92 Å². The van der Waals surface area contributed by atoms with Crippen LogP contribution in [0.3, 0.4) is 0 Å². The zero-order valence-corrected chi connectivity index (χ0v) is 12.6. The third-order valence-electron chi connectivity index (χ3n) is 3.36. The number of aryl methyl sites for hydroxylation is 2. The van der Waals surface area contributed by atoms with Gasteiger partial charge in [0.05, 0.1) is 17.9 Å². The maximum atomic E-state index is 4.56. The highest BCUT2D eigenvalue weighted by atomic mass is 15.3. The van der Waals surface area contributed by atoms with Gasteiger partial charge in [0, 0.05) is 24.5 Å². The van der Waals surface area contributed by atoms with Crippen LogP contribution < -0.4 is 5.32 Å². The van der Waals surface area contributed by atoms with Gasteiger partial charge in [-0.2, -0.15) is 5.10 Å². The van der Waals surface area contributed by atoms with Crippen LogP contribution in [0.5, 0.6) is 0 Å². The van der Waals surface area contributed by atoms with Crippen LogP contribution in [0.15, 0.2) is 30.7 Å². The van der Waals surface area contributed by atoms with Crippen molar-refractivity contribution in [3.8, 4) is 0 Å². The van der Waals surface area contributed by atoms with Crippen molar-refractivity contribution in [1.82, 2.24) is 20.1 Å². The molecule has 0 fully saturated rings. The summed E-state index contributed by atoms with van der Waals surface area (Å²) in [7, 11) is 0. The number of hydrogen-bond donors (Lipinski definition) is 1. The maximum absolute atomic E-state index is 4.56. The first-order valence-corrected chi connectivity index (χ1v) is 7.43. The molecular formula is C16H24N4. The molecule has 0 aliphatic heterocycles. The maximum Gasteiger partial charge on any atom is 0.0784 e. The Morgan fingerprint density at radius 3 is 2.85 bits per heavy atom. The van der Waals surface area contributed by atoms with Crippen LogP contribution in [0.2, 0.25) is 0 Å². The van der Waals surface area contributed by atoms with Crippen LogP contribution in [-0.2, 0) is 6.54 Å². The van der Waals surface area contributed by atoms with Crippen molar-refractivity contribution in [1.29, 1.82) is 0 Å². The minimum atomic E-state index is 0.127. The van der Waals surface area contributed by atoms with E-state index in [1.165, 1.54) is 11.1 Å². The van der Waals surface area contributed by atoms with E-state index in [9.17, 15) is 0 Å². The molecule has 0 spiro atoms. The Kier molecular flexibility index (Phi) is 5.30. The molecular weight excluding hydrogens is 248 g/mol. The van der Waals surface area contributed by atoms with E-state index in [1.807, 2.05) is 23.1 Å². The lowest BCUT2D eigenvalue weighted by molar-refractivity contribution is 0.578. The molecule has 2 aromatic heterocycles. The zero-order chi connectivity index (χ0) is 14.4. The second-order valence-electron chi connectivity index (χ2n) is 5.13. The van der Waals surface area contributed by atoms with Gasteiger partial charge in [0.25, 0.3) is 0 Å². The molecule has 2 rings (SSSR count). The molecule has 4 nitrogen and oxygen atoms in total. The molecule has 0 aliphatic rings. The summed E-state index contributed by atoms with van der Waals surface area (Å²) >= 11 is 0. The molecule has 20 heavy (non-hydrogen) atoms. The van der Waals surface area contributed by atoms with Gasteiger partial charge in [-0.15, -0.1) is 0 Å². The van der Waals surface area contributed by atoms with Gasteiger partial charge in [0.2, 0.25) is 0 Å². The number of aromatic nitrogens is 3. The summed E-state index contributed by atoms with van der Waals surface area (Å²) in [6.45, 7) is 8.38. The number of nitrogens with one attached hydrogen (secondary N) is 1. The number of hydrogen-bond acceptors (Lipinski definition) is 3. The van der Waals surface area contributed by atoms with Crippen LogP contribution in [-0.4, -0.2) is 21.3 Å². The summed E-state index contributed by atoms with van der Waals surface area (Å²) in [6, 6.07) is 4.22. The van der Waals surface area contributed by atoms with Gasteiger partial charge in [0.1, 0.15) is 0 Å². The van der Waals surface area contributed by atoms with Gasteiger partial charge >= 0.3 is 0 Å². The molecule has 2 aromatic rings. The average molecular weight is 272 g/mol. The topological polar surface area (TPSA) is 42.7 Å². The highest BCUT2D eigenvalue weighted by molar-refractivity contribution is 5.29. The van der Waals surface area contributed by atoms with E-state index in [0.717, 1.165) is 31.6 Å². The van der Waals surface area contributed by atoms with Gasteiger partial charge in [-0.3, -0.25) is 9.67 Å². The highest BCUT2D eigenvalue weighted by Crippen LogP contribution is 2.22.